The SMILES string of the molecule is CCN1C(=O)[C@@H]2[C@@H](C1=O)N1[C@@H](c3cccs3)[C@@H]3C(=O)N(CC)C(=O)[C@@H]3N1[C@@H]2c1cccs1. The van der Waals surface area contributed by atoms with Crippen LogP contribution in [0.25, 0.3) is 0 Å². The van der Waals surface area contributed by atoms with Crippen molar-refractivity contribution in [3.63, 3.8) is 0 Å². The number of thiophene rings is 2. The Bertz CT molecular complexity index is 1030. The summed E-state index contributed by atoms with van der Waals surface area (Å²) >= 11 is 3.03. The largest absolute Gasteiger partial charge is 0.281 e. The molecule has 4 aliphatic rings. The monoisotopic (exact) mass is 470 g/mol. The van der Waals surface area contributed by atoms with E-state index in [2.05, 4.69) is 0 Å². The van der Waals surface area contributed by atoms with E-state index < -0.39 is 36.0 Å². The van der Waals surface area contributed by atoms with Gasteiger partial charge in [-0.3, -0.25) is 29.0 Å². The molecule has 6 rings (SSSR count). The van der Waals surface area contributed by atoms with Crippen molar-refractivity contribution >= 4 is 46.3 Å². The average molecular weight is 471 g/mol. The van der Waals surface area contributed by atoms with Gasteiger partial charge in [-0.25, -0.2) is 10.0 Å². The van der Waals surface area contributed by atoms with Crippen LogP contribution in [-0.2, 0) is 19.2 Å². The number of carbonyl (C=O) groups is 4. The third-order valence-electron chi connectivity index (χ3n) is 7.21. The fourth-order valence-corrected chi connectivity index (χ4v) is 7.78. The second kappa shape index (κ2) is 7.05. The maximum atomic E-state index is 13.5. The van der Waals surface area contributed by atoms with E-state index in [1.54, 1.807) is 13.8 Å². The Morgan fingerprint density at radius 1 is 0.656 bits per heavy atom. The van der Waals surface area contributed by atoms with E-state index in [1.165, 1.54) is 32.5 Å². The number of imide groups is 2. The Morgan fingerprint density at radius 2 is 1.06 bits per heavy atom. The number of hydrazine groups is 1. The molecule has 0 aromatic carbocycles. The highest BCUT2D eigenvalue weighted by molar-refractivity contribution is 7.10. The van der Waals surface area contributed by atoms with Gasteiger partial charge in [-0.05, 0) is 36.7 Å². The van der Waals surface area contributed by atoms with Gasteiger partial charge in [0.1, 0.15) is 12.1 Å². The van der Waals surface area contributed by atoms with Crippen LogP contribution in [0.4, 0.5) is 0 Å². The number of amides is 4. The number of likely N-dealkylation sites (tertiary alicyclic amines) is 2. The van der Waals surface area contributed by atoms with Gasteiger partial charge >= 0.3 is 0 Å². The lowest BCUT2D eigenvalue weighted by Gasteiger charge is -2.34. The summed E-state index contributed by atoms with van der Waals surface area (Å²) in [5, 5.41) is 7.73. The van der Waals surface area contributed by atoms with Gasteiger partial charge in [0.15, 0.2) is 0 Å². The van der Waals surface area contributed by atoms with Crippen LogP contribution in [0.3, 0.4) is 0 Å². The fourth-order valence-electron chi connectivity index (χ4n) is 6.05. The first-order chi connectivity index (χ1) is 15.5. The predicted octanol–water partition coefficient (Wildman–Crippen LogP) is 1.89. The Balaban J connectivity index is 1.57. The quantitative estimate of drug-likeness (QED) is 0.635. The molecule has 6 atom stereocenters. The molecule has 2 aromatic heterocycles. The summed E-state index contributed by atoms with van der Waals surface area (Å²) in [6, 6.07) is 5.44. The van der Waals surface area contributed by atoms with Crippen LogP contribution in [0.15, 0.2) is 35.0 Å². The Labute approximate surface area is 193 Å². The topological polar surface area (TPSA) is 81.2 Å². The molecule has 4 fully saturated rings. The highest BCUT2D eigenvalue weighted by Gasteiger charge is 2.73. The maximum Gasteiger partial charge on any atom is 0.248 e. The number of hydrogen-bond acceptors (Lipinski definition) is 8. The van der Waals surface area contributed by atoms with Gasteiger partial charge in [0, 0.05) is 22.8 Å². The van der Waals surface area contributed by atoms with Gasteiger partial charge in [0.2, 0.25) is 23.6 Å². The lowest BCUT2D eigenvalue weighted by Crippen LogP contribution is -2.49. The molecule has 2 aromatic rings. The second-order valence-corrected chi connectivity index (χ2v) is 10.4. The molecule has 0 radical (unpaired) electrons. The fraction of sp³-hybridized carbons (Fsp3) is 0.455. The summed E-state index contributed by atoms with van der Waals surface area (Å²) in [4.78, 5) is 58.3. The molecule has 0 saturated carbocycles. The minimum atomic E-state index is -0.706. The van der Waals surface area contributed by atoms with Gasteiger partial charge in [0.25, 0.3) is 0 Å². The van der Waals surface area contributed by atoms with Crippen LogP contribution in [-0.4, -0.2) is 68.6 Å². The number of nitrogens with zero attached hydrogens (tertiary/aromatic N) is 4. The highest BCUT2D eigenvalue weighted by atomic mass is 32.1. The van der Waals surface area contributed by atoms with Crippen molar-refractivity contribution in [1.29, 1.82) is 0 Å². The van der Waals surface area contributed by atoms with Crippen molar-refractivity contribution < 1.29 is 19.2 Å². The molecule has 8 nitrogen and oxygen atoms in total. The molecule has 0 spiro atoms. The van der Waals surface area contributed by atoms with Crippen LogP contribution < -0.4 is 0 Å². The van der Waals surface area contributed by atoms with Crippen LogP contribution in [0, 0.1) is 11.8 Å². The van der Waals surface area contributed by atoms with E-state index in [0.29, 0.717) is 13.1 Å². The first kappa shape index (κ1) is 20.2. The van der Waals surface area contributed by atoms with Gasteiger partial charge in [-0.1, -0.05) is 12.1 Å². The lowest BCUT2D eigenvalue weighted by atomic mass is 9.88. The zero-order valence-electron chi connectivity index (χ0n) is 17.6. The maximum absolute atomic E-state index is 13.5. The van der Waals surface area contributed by atoms with Crippen molar-refractivity contribution in [2.45, 2.75) is 38.0 Å². The van der Waals surface area contributed by atoms with E-state index in [9.17, 15) is 19.2 Å². The molecule has 4 aliphatic heterocycles. The molecule has 0 bridgehead atoms. The summed E-state index contributed by atoms with van der Waals surface area (Å²) in [5.41, 5.74) is 0. The third kappa shape index (κ3) is 2.33. The van der Waals surface area contributed by atoms with E-state index in [1.807, 2.05) is 45.0 Å². The van der Waals surface area contributed by atoms with E-state index in [0.717, 1.165) is 9.75 Å². The normalized spacial score (nSPS) is 34.7. The summed E-state index contributed by atoms with van der Waals surface area (Å²) in [6.45, 7) is 4.23. The molecule has 0 unspecified atom stereocenters. The summed E-state index contributed by atoms with van der Waals surface area (Å²) in [6.07, 6.45) is 0. The number of rotatable bonds is 4. The minimum absolute atomic E-state index is 0.194. The van der Waals surface area contributed by atoms with Crippen molar-refractivity contribution in [3.05, 3.63) is 44.8 Å². The zero-order chi connectivity index (χ0) is 22.3. The molecule has 4 amide bonds. The van der Waals surface area contributed by atoms with Crippen molar-refractivity contribution in [2.75, 3.05) is 13.1 Å². The molecule has 10 heteroatoms. The molecule has 0 N–H and O–H groups in total. The Morgan fingerprint density at radius 3 is 1.38 bits per heavy atom. The molecule has 6 heterocycles. The number of likely N-dealkylation sites (N-methyl/N-ethyl adjacent to an activating group) is 2. The van der Waals surface area contributed by atoms with Gasteiger partial charge < -0.3 is 0 Å². The molecule has 32 heavy (non-hydrogen) atoms. The van der Waals surface area contributed by atoms with Crippen LogP contribution in [0.5, 0.6) is 0 Å². The zero-order valence-corrected chi connectivity index (χ0v) is 19.2. The van der Waals surface area contributed by atoms with Crippen molar-refractivity contribution in [1.82, 2.24) is 19.8 Å². The molecular formula is C22H22N4O4S2. The summed E-state index contributed by atoms with van der Waals surface area (Å²) in [7, 11) is 0. The minimum Gasteiger partial charge on any atom is -0.281 e. The third-order valence-corrected chi connectivity index (χ3v) is 9.10. The van der Waals surface area contributed by atoms with E-state index in [-0.39, 0.29) is 23.6 Å². The standard InChI is InChI=1S/C22H22N4O4S2/c1-3-23-19(27)13-15(11-7-5-9-31-11)26-18-14(20(28)24(4-2)22(18)30)16(12-8-6-10-32-12)25(26)17(13)21(23)29/h5-10,13-18H,3-4H2,1-2H3/t13-,14-,15-,16+,17+,18-/m0/s1. The van der Waals surface area contributed by atoms with E-state index in [4.69, 9.17) is 0 Å². The van der Waals surface area contributed by atoms with Crippen LogP contribution >= 0.6 is 22.7 Å². The second-order valence-electron chi connectivity index (χ2n) is 8.46. The summed E-state index contributed by atoms with van der Waals surface area (Å²) in [5.74, 6) is -2.05. The highest BCUT2D eigenvalue weighted by Crippen LogP contribution is 2.59. The van der Waals surface area contributed by atoms with Crippen LogP contribution in [0.1, 0.15) is 35.7 Å². The van der Waals surface area contributed by atoms with Gasteiger partial charge in [0.05, 0.1) is 23.9 Å². The smallest absolute Gasteiger partial charge is 0.248 e. The van der Waals surface area contributed by atoms with Gasteiger partial charge in [-0.15, -0.1) is 22.7 Å². The number of carbonyl (C=O) groups excluding carboxylic acids is 4. The Kier molecular flexibility index (Phi) is 4.45. The lowest BCUT2D eigenvalue weighted by molar-refractivity contribution is -0.152. The average Bonchev–Trinajstić information content (AvgIpc) is 3.58. The number of fused-ring (bicyclic) bond motifs is 5. The predicted molar refractivity (Wildman–Crippen MR) is 117 cm³/mol. The van der Waals surface area contributed by atoms with Crippen molar-refractivity contribution in [3.8, 4) is 0 Å². The molecular weight excluding hydrogens is 448 g/mol. The first-order valence-corrected chi connectivity index (χ1v) is 12.6. The van der Waals surface area contributed by atoms with Gasteiger partial charge in [-0.2, -0.15) is 0 Å². The number of hydrogen-bond donors (Lipinski definition) is 0. The molecule has 166 valence electrons. The van der Waals surface area contributed by atoms with Crippen molar-refractivity contribution in [2.24, 2.45) is 11.8 Å². The Hall–Kier alpha value is -2.40. The van der Waals surface area contributed by atoms with Crippen LogP contribution in [0.2, 0.25) is 0 Å². The first-order valence-electron chi connectivity index (χ1n) is 10.8. The molecule has 4 saturated heterocycles. The summed E-state index contributed by atoms with van der Waals surface area (Å²) < 4.78 is 0. The molecule has 0 aliphatic carbocycles. The van der Waals surface area contributed by atoms with E-state index >= 15 is 0 Å².